The van der Waals surface area contributed by atoms with Crippen LogP contribution in [-0.2, 0) is 20.2 Å². The monoisotopic (exact) mass is 380 g/mol. The van der Waals surface area contributed by atoms with E-state index >= 15 is 0 Å². The van der Waals surface area contributed by atoms with Crippen LogP contribution in [0, 0.1) is 0 Å². The van der Waals surface area contributed by atoms with E-state index in [-0.39, 0.29) is 22.1 Å². The SMILES string of the molecule is O=S(=O)(O)c1cc(S(=O)(=O)O)c2c(-c3ccccc3)c(O)ccc2c1. The minimum atomic E-state index is -4.85. The summed E-state index contributed by atoms with van der Waals surface area (Å²) in [5, 5.41) is 10.3. The lowest BCUT2D eigenvalue weighted by molar-refractivity contribution is 0.478. The fourth-order valence-electron chi connectivity index (χ4n) is 2.64. The van der Waals surface area contributed by atoms with Crippen molar-refractivity contribution < 1.29 is 31.0 Å². The Morgan fingerprint density at radius 3 is 1.96 bits per heavy atom. The summed E-state index contributed by atoms with van der Waals surface area (Å²) >= 11 is 0. The summed E-state index contributed by atoms with van der Waals surface area (Å²) in [6, 6.07) is 12.6. The number of hydrogen-bond donors (Lipinski definition) is 3. The Balaban J connectivity index is 2.57. The molecule has 0 saturated carbocycles. The van der Waals surface area contributed by atoms with Gasteiger partial charge in [-0.25, -0.2) is 0 Å². The van der Waals surface area contributed by atoms with Crippen molar-refractivity contribution in [3.05, 3.63) is 54.6 Å². The van der Waals surface area contributed by atoms with Crippen molar-refractivity contribution >= 4 is 31.0 Å². The lowest BCUT2D eigenvalue weighted by Gasteiger charge is -2.13. The minimum Gasteiger partial charge on any atom is -0.507 e. The van der Waals surface area contributed by atoms with Gasteiger partial charge in [0.15, 0.2) is 0 Å². The number of aromatic hydroxyl groups is 1. The third-order valence-electron chi connectivity index (χ3n) is 3.67. The third-order valence-corrected chi connectivity index (χ3v) is 5.38. The van der Waals surface area contributed by atoms with Crippen LogP contribution < -0.4 is 0 Å². The van der Waals surface area contributed by atoms with Gasteiger partial charge in [0.25, 0.3) is 20.2 Å². The Morgan fingerprint density at radius 2 is 1.40 bits per heavy atom. The lowest BCUT2D eigenvalue weighted by atomic mass is 9.97. The zero-order valence-corrected chi connectivity index (χ0v) is 14.1. The number of benzene rings is 3. The number of hydrogen-bond acceptors (Lipinski definition) is 5. The molecule has 0 aromatic heterocycles. The predicted octanol–water partition coefficient (Wildman–Crippen LogP) is 2.71. The van der Waals surface area contributed by atoms with E-state index < -0.39 is 30.0 Å². The molecule has 9 heteroatoms. The van der Waals surface area contributed by atoms with Crippen molar-refractivity contribution in [3.8, 4) is 16.9 Å². The molecule has 0 heterocycles. The van der Waals surface area contributed by atoms with Crippen molar-refractivity contribution in [3.63, 3.8) is 0 Å². The van der Waals surface area contributed by atoms with Gasteiger partial charge in [-0.1, -0.05) is 36.4 Å². The molecule has 0 aliphatic carbocycles. The predicted molar refractivity (Wildman–Crippen MR) is 90.7 cm³/mol. The second-order valence-electron chi connectivity index (χ2n) is 5.30. The van der Waals surface area contributed by atoms with Crippen molar-refractivity contribution in [2.45, 2.75) is 9.79 Å². The fourth-order valence-corrected chi connectivity index (χ4v) is 4.01. The standard InChI is InChI=1S/C16H12O7S2/c17-13-7-6-11-8-12(24(18,19)20)9-14(25(21,22)23)16(11)15(13)10-4-2-1-3-5-10/h1-9,17H,(H,18,19,20)(H,21,22,23). The third kappa shape index (κ3) is 3.22. The summed E-state index contributed by atoms with van der Waals surface area (Å²) in [6.45, 7) is 0. The molecule has 0 amide bonds. The first-order valence-corrected chi connectivity index (χ1v) is 9.77. The van der Waals surface area contributed by atoms with Gasteiger partial charge in [0, 0.05) is 10.9 Å². The largest absolute Gasteiger partial charge is 0.507 e. The summed E-state index contributed by atoms with van der Waals surface area (Å²) in [5.74, 6) is -0.247. The minimum absolute atomic E-state index is 0.0545. The molecule has 3 aromatic rings. The molecule has 3 rings (SSSR count). The van der Waals surface area contributed by atoms with E-state index in [1.165, 1.54) is 12.1 Å². The van der Waals surface area contributed by atoms with E-state index in [1.54, 1.807) is 30.3 Å². The first-order valence-electron chi connectivity index (χ1n) is 6.89. The van der Waals surface area contributed by atoms with E-state index in [0.29, 0.717) is 11.6 Å². The van der Waals surface area contributed by atoms with Gasteiger partial charge in [0.05, 0.1) is 4.90 Å². The summed E-state index contributed by atoms with van der Waals surface area (Å²) in [7, 11) is -9.55. The maximum absolute atomic E-state index is 11.8. The highest BCUT2D eigenvalue weighted by Gasteiger charge is 2.24. The van der Waals surface area contributed by atoms with Gasteiger partial charge in [0.2, 0.25) is 0 Å². The second kappa shape index (κ2) is 5.81. The van der Waals surface area contributed by atoms with Crippen molar-refractivity contribution in [1.29, 1.82) is 0 Å². The molecule has 0 radical (unpaired) electrons. The smallest absolute Gasteiger partial charge is 0.295 e. The lowest BCUT2D eigenvalue weighted by Crippen LogP contribution is -2.05. The van der Waals surface area contributed by atoms with E-state index in [1.807, 2.05) is 0 Å². The van der Waals surface area contributed by atoms with Gasteiger partial charge in [-0.2, -0.15) is 16.8 Å². The van der Waals surface area contributed by atoms with Crippen molar-refractivity contribution in [2.24, 2.45) is 0 Å². The molecular weight excluding hydrogens is 368 g/mol. The molecule has 0 atom stereocenters. The van der Waals surface area contributed by atoms with Crippen LogP contribution in [0.3, 0.4) is 0 Å². The van der Waals surface area contributed by atoms with E-state index in [2.05, 4.69) is 0 Å². The number of phenolic OH excluding ortho intramolecular Hbond substituents is 1. The van der Waals surface area contributed by atoms with E-state index in [0.717, 1.165) is 6.07 Å². The quantitative estimate of drug-likeness (QED) is 0.596. The van der Waals surface area contributed by atoms with Crippen LogP contribution in [-0.4, -0.2) is 31.0 Å². The van der Waals surface area contributed by atoms with Crippen molar-refractivity contribution in [1.82, 2.24) is 0 Å². The molecule has 0 aliphatic heterocycles. The molecule has 0 fully saturated rings. The fraction of sp³-hybridized carbons (Fsp3) is 0. The molecule has 0 saturated heterocycles. The number of fused-ring (bicyclic) bond motifs is 1. The summed E-state index contributed by atoms with van der Waals surface area (Å²) < 4.78 is 65.2. The van der Waals surface area contributed by atoms with Crippen molar-refractivity contribution in [2.75, 3.05) is 0 Å². The normalized spacial score (nSPS) is 12.4. The zero-order chi connectivity index (χ0) is 18.4. The average molecular weight is 380 g/mol. The van der Waals surface area contributed by atoms with Gasteiger partial charge < -0.3 is 5.11 Å². The molecule has 0 spiro atoms. The highest BCUT2D eigenvalue weighted by molar-refractivity contribution is 7.86. The first-order chi connectivity index (χ1) is 11.6. The van der Waals surface area contributed by atoms with E-state index in [4.69, 9.17) is 0 Å². The Kier molecular flexibility index (Phi) is 4.04. The van der Waals surface area contributed by atoms with Crippen LogP contribution in [0.15, 0.2) is 64.4 Å². The summed E-state index contributed by atoms with van der Waals surface area (Å²) in [4.78, 5) is -1.41. The zero-order valence-electron chi connectivity index (χ0n) is 12.5. The van der Waals surface area contributed by atoms with Gasteiger partial charge in [0.1, 0.15) is 10.6 Å². The Labute approximate surface area is 143 Å². The number of phenols is 1. The van der Waals surface area contributed by atoms with E-state index in [9.17, 15) is 31.0 Å². The highest BCUT2D eigenvalue weighted by Crippen LogP contribution is 2.40. The van der Waals surface area contributed by atoms with Crippen LogP contribution in [0.1, 0.15) is 0 Å². The van der Waals surface area contributed by atoms with Crippen LogP contribution in [0.5, 0.6) is 5.75 Å². The van der Waals surface area contributed by atoms with Crippen LogP contribution in [0.25, 0.3) is 21.9 Å². The highest BCUT2D eigenvalue weighted by atomic mass is 32.2. The molecule has 0 aliphatic rings. The Bertz CT molecular complexity index is 1180. The summed E-state index contributed by atoms with van der Waals surface area (Å²) in [6.07, 6.45) is 0. The molecule has 130 valence electrons. The maximum Gasteiger partial charge on any atom is 0.295 e. The van der Waals surface area contributed by atoms with Crippen LogP contribution in [0.4, 0.5) is 0 Å². The number of rotatable bonds is 3. The second-order valence-corrected chi connectivity index (χ2v) is 8.11. The first kappa shape index (κ1) is 17.4. The molecule has 25 heavy (non-hydrogen) atoms. The van der Waals surface area contributed by atoms with Gasteiger partial charge in [-0.15, -0.1) is 0 Å². The van der Waals surface area contributed by atoms with Crippen LogP contribution in [0.2, 0.25) is 0 Å². The molecule has 3 N–H and O–H groups in total. The molecule has 0 bridgehead atoms. The molecule has 0 unspecified atom stereocenters. The molecular formula is C16H12O7S2. The van der Waals surface area contributed by atoms with Crippen LogP contribution >= 0.6 is 0 Å². The maximum atomic E-state index is 11.8. The van der Waals surface area contributed by atoms with Gasteiger partial charge in [-0.05, 0) is 29.1 Å². The molecule has 7 nitrogen and oxygen atoms in total. The molecule has 3 aromatic carbocycles. The van der Waals surface area contributed by atoms with Gasteiger partial charge >= 0.3 is 0 Å². The topological polar surface area (TPSA) is 129 Å². The van der Waals surface area contributed by atoms with Gasteiger partial charge in [-0.3, -0.25) is 9.11 Å². The Hall–Kier alpha value is -2.46. The Morgan fingerprint density at radius 1 is 0.760 bits per heavy atom. The summed E-state index contributed by atoms with van der Waals surface area (Å²) in [5.41, 5.74) is 0.586. The average Bonchev–Trinajstić information content (AvgIpc) is 2.52.